The molecule has 0 aromatic rings. The Bertz CT molecular complexity index is 147. The van der Waals surface area contributed by atoms with Crippen LogP contribution < -0.4 is 5.32 Å². The third-order valence-electron chi connectivity index (χ3n) is 3.32. The SMILES string of the molecule is CCCN1CCC[C@H]1CNC(C)CC. The van der Waals surface area contributed by atoms with Gasteiger partial charge in [0.1, 0.15) is 0 Å². The summed E-state index contributed by atoms with van der Waals surface area (Å²) in [6.45, 7) is 10.6. The highest BCUT2D eigenvalue weighted by Crippen LogP contribution is 2.16. The lowest BCUT2D eigenvalue weighted by Gasteiger charge is -2.25. The van der Waals surface area contributed by atoms with Gasteiger partial charge in [-0.3, -0.25) is 4.90 Å². The van der Waals surface area contributed by atoms with Crippen LogP contribution in [0.1, 0.15) is 46.5 Å². The number of nitrogens with zero attached hydrogens (tertiary/aromatic N) is 1. The Morgan fingerprint density at radius 2 is 2.21 bits per heavy atom. The van der Waals surface area contributed by atoms with Gasteiger partial charge in [0, 0.05) is 18.6 Å². The van der Waals surface area contributed by atoms with Crippen LogP contribution in [0.5, 0.6) is 0 Å². The topological polar surface area (TPSA) is 15.3 Å². The van der Waals surface area contributed by atoms with Crippen molar-refractivity contribution in [3.63, 3.8) is 0 Å². The molecule has 1 N–H and O–H groups in total. The molecule has 1 rings (SSSR count). The second kappa shape index (κ2) is 6.41. The Balaban J connectivity index is 2.21. The van der Waals surface area contributed by atoms with Crippen molar-refractivity contribution in [2.24, 2.45) is 0 Å². The van der Waals surface area contributed by atoms with Gasteiger partial charge in [0.15, 0.2) is 0 Å². The van der Waals surface area contributed by atoms with E-state index < -0.39 is 0 Å². The maximum Gasteiger partial charge on any atom is 0.0221 e. The molecular weight excluding hydrogens is 172 g/mol. The molecule has 0 bridgehead atoms. The van der Waals surface area contributed by atoms with Crippen molar-refractivity contribution in [1.82, 2.24) is 10.2 Å². The van der Waals surface area contributed by atoms with E-state index in [-0.39, 0.29) is 0 Å². The van der Waals surface area contributed by atoms with Crippen molar-refractivity contribution in [1.29, 1.82) is 0 Å². The lowest BCUT2D eigenvalue weighted by molar-refractivity contribution is 0.243. The van der Waals surface area contributed by atoms with Gasteiger partial charge in [0.2, 0.25) is 0 Å². The number of hydrogen-bond donors (Lipinski definition) is 1. The highest BCUT2D eigenvalue weighted by molar-refractivity contribution is 4.81. The number of nitrogens with one attached hydrogen (secondary N) is 1. The predicted octanol–water partition coefficient (Wildman–Crippen LogP) is 2.25. The van der Waals surface area contributed by atoms with Gasteiger partial charge >= 0.3 is 0 Å². The minimum atomic E-state index is 0.680. The molecule has 0 saturated carbocycles. The normalized spacial score (nSPS) is 25.5. The molecule has 2 heteroatoms. The minimum Gasteiger partial charge on any atom is -0.313 e. The van der Waals surface area contributed by atoms with Crippen LogP contribution >= 0.6 is 0 Å². The molecule has 1 fully saturated rings. The van der Waals surface area contributed by atoms with Crippen LogP contribution in [0.25, 0.3) is 0 Å². The summed E-state index contributed by atoms with van der Waals surface area (Å²) in [6.07, 6.45) is 5.32. The van der Waals surface area contributed by atoms with Crippen LogP contribution in [-0.2, 0) is 0 Å². The Morgan fingerprint density at radius 3 is 2.86 bits per heavy atom. The first-order valence-corrected chi connectivity index (χ1v) is 6.25. The zero-order valence-electron chi connectivity index (χ0n) is 10.1. The maximum absolute atomic E-state index is 3.62. The van der Waals surface area contributed by atoms with Gasteiger partial charge < -0.3 is 5.32 Å². The number of hydrogen-bond acceptors (Lipinski definition) is 2. The molecule has 0 amide bonds. The zero-order chi connectivity index (χ0) is 10.4. The summed E-state index contributed by atoms with van der Waals surface area (Å²) in [4.78, 5) is 2.65. The standard InChI is InChI=1S/C12H26N2/c1-4-8-14-9-6-7-12(14)10-13-11(3)5-2/h11-13H,4-10H2,1-3H3/t11?,12-/m0/s1. The molecule has 0 aromatic heterocycles. The lowest BCUT2D eigenvalue weighted by atomic mass is 10.2. The van der Waals surface area contributed by atoms with E-state index in [1.54, 1.807) is 0 Å². The Hall–Kier alpha value is -0.0800. The quantitative estimate of drug-likeness (QED) is 0.704. The van der Waals surface area contributed by atoms with E-state index in [1.165, 1.54) is 45.3 Å². The van der Waals surface area contributed by atoms with E-state index in [2.05, 4.69) is 31.0 Å². The minimum absolute atomic E-state index is 0.680. The molecule has 1 aliphatic heterocycles. The highest BCUT2D eigenvalue weighted by Gasteiger charge is 2.23. The van der Waals surface area contributed by atoms with Gasteiger partial charge in [-0.05, 0) is 45.7 Å². The molecular formula is C12H26N2. The average Bonchev–Trinajstić information content (AvgIpc) is 2.62. The van der Waals surface area contributed by atoms with Crippen LogP contribution in [0.15, 0.2) is 0 Å². The van der Waals surface area contributed by atoms with Gasteiger partial charge in [0.05, 0.1) is 0 Å². The van der Waals surface area contributed by atoms with E-state index in [9.17, 15) is 0 Å². The van der Waals surface area contributed by atoms with Gasteiger partial charge in [0.25, 0.3) is 0 Å². The molecule has 0 radical (unpaired) electrons. The molecule has 0 aromatic carbocycles. The maximum atomic E-state index is 3.62. The molecule has 2 atom stereocenters. The largest absolute Gasteiger partial charge is 0.313 e. The van der Waals surface area contributed by atoms with Gasteiger partial charge in [-0.2, -0.15) is 0 Å². The summed E-state index contributed by atoms with van der Waals surface area (Å²) in [6, 6.07) is 1.49. The first kappa shape index (κ1) is 12.0. The molecule has 0 aliphatic carbocycles. The van der Waals surface area contributed by atoms with Gasteiger partial charge in [-0.25, -0.2) is 0 Å². The van der Waals surface area contributed by atoms with Gasteiger partial charge in [-0.15, -0.1) is 0 Å². The van der Waals surface area contributed by atoms with Crippen LogP contribution in [0, 0.1) is 0 Å². The molecule has 1 unspecified atom stereocenters. The fraction of sp³-hybridized carbons (Fsp3) is 1.00. The molecule has 14 heavy (non-hydrogen) atoms. The second-order valence-corrected chi connectivity index (χ2v) is 4.55. The summed E-state index contributed by atoms with van der Waals surface area (Å²) in [5.41, 5.74) is 0. The lowest BCUT2D eigenvalue weighted by Crippen LogP contribution is -2.41. The molecule has 1 heterocycles. The van der Waals surface area contributed by atoms with Crippen molar-refractivity contribution in [3.05, 3.63) is 0 Å². The van der Waals surface area contributed by atoms with E-state index in [1.807, 2.05) is 0 Å². The van der Waals surface area contributed by atoms with Gasteiger partial charge in [-0.1, -0.05) is 13.8 Å². The van der Waals surface area contributed by atoms with E-state index >= 15 is 0 Å². The van der Waals surface area contributed by atoms with Crippen molar-refractivity contribution < 1.29 is 0 Å². The summed E-state index contributed by atoms with van der Waals surface area (Å²) in [7, 11) is 0. The molecule has 0 spiro atoms. The van der Waals surface area contributed by atoms with Crippen molar-refractivity contribution in [2.45, 2.75) is 58.5 Å². The van der Waals surface area contributed by atoms with Crippen LogP contribution in [0.4, 0.5) is 0 Å². The molecule has 84 valence electrons. The first-order chi connectivity index (χ1) is 6.77. The molecule has 1 saturated heterocycles. The number of likely N-dealkylation sites (tertiary alicyclic amines) is 1. The highest BCUT2D eigenvalue weighted by atomic mass is 15.2. The Morgan fingerprint density at radius 1 is 1.43 bits per heavy atom. The van der Waals surface area contributed by atoms with Crippen LogP contribution in [-0.4, -0.2) is 36.6 Å². The molecule has 2 nitrogen and oxygen atoms in total. The fourth-order valence-corrected chi connectivity index (χ4v) is 2.19. The summed E-state index contributed by atoms with van der Waals surface area (Å²) >= 11 is 0. The summed E-state index contributed by atoms with van der Waals surface area (Å²) in [5.74, 6) is 0. The summed E-state index contributed by atoms with van der Waals surface area (Å²) in [5, 5.41) is 3.62. The Labute approximate surface area is 89.1 Å². The first-order valence-electron chi connectivity index (χ1n) is 6.25. The number of rotatable bonds is 6. The smallest absolute Gasteiger partial charge is 0.0221 e. The summed E-state index contributed by atoms with van der Waals surface area (Å²) < 4.78 is 0. The van der Waals surface area contributed by atoms with Crippen molar-refractivity contribution >= 4 is 0 Å². The average molecular weight is 198 g/mol. The van der Waals surface area contributed by atoms with Crippen LogP contribution in [0.3, 0.4) is 0 Å². The predicted molar refractivity (Wildman–Crippen MR) is 62.6 cm³/mol. The third kappa shape index (κ3) is 3.58. The fourth-order valence-electron chi connectivity index (χ4n) is 2.19. The van der Waals surface area contributed by atoms with Crippen molar-refractivity contribution in [2.75, 3.05) is 19.6 Å². The monoisotopic (exact) mass is 198 g/mol. The van der Waals surface area contributed by atoms with E-state index in [0.717, 1.165) is 6.04 Å². The van der Waals surface area contributed by atoms with Crippen molar-refractivity contribution in [3.8, 4) is 0 Å². The third-order valence-corrected chi connectivity index (χ3v) is 3.32. The second-order valence-electron chi connectivity index (χ2n) is 4.55. The van der Waals surface area contributed by atoms with E-state index in [0.29, 0.717) is 6.04 Å². The van der Waals surface area contributed by atoms with E-state index in [4.69, 9.17) is 0 Å². The van der Waals surface area contributed by atoms with Crippen LogP contribution in [0.2, 0.25) is 0 Å². The zero-order valence-corrected chi connectivity index (χ0v) is 10.1. The molecule has 1 aliphatic rings. The Kier molecular flexibility index (Phi) is 5.49.